The average molecular weight is 267 g/mol. The largest absolute Gasteiger partial charge is 0.316 e. The molecule has 1 saturated heterocycles. The molecule has 1 N–H and O–H groups in total. The molecule has 1 aliphatic rings. The molecule has 0 radical (unpaired) electrons. The van der Waals surface area contributed by atoms with Crippen molar-refractivity contribution in [2.45, 2.75) is 12.3 Å². The van der Waals surface area contributed by atoms with Crippen molar-refractivity contribution in [3.63, 3.8) is 0 Å². The van der Waals surface area contributed by atoms with Gasteiger partial charge >= 0.3 is 0 Å². The van der Waals surface area contributed by atoms with E-state index in [0.717, 1.165) is 23.2 Å². The van der Waals surface area contributed by atoms with Gasteiger partial charge in [0.1, 0.15) is 0 Å². The quantitative estimate of drug-likeness (QED) is 0.852. The lowest BCUT2D eigenvalue weighted by molar-refractivity contribution is 0.743. The fourth-order valence-electron chi connectivity index (χ4n) is 2.01. The number of fused-ring (bicyclic) bond motifs is 1. The molecule has 1 fully saturated rings. The first-order valence-corrected chi connectivity index (χ1v) is 5.83. The Bertz CT molecular complexity index is 487. The van der Waals surface area contributed by atoms with Crippen molar-refractivity contribution >= 4 is 21.6 Å². The monoisotopic (exact) mass is 266 g/mol. The first-order valence-electron chi connectivity index (χ1n) is 5.04. The summed E-state index contributed by atoms with van der Waals surface area (Å²) in [6.45, 7) is 2.15. The minimum atomic E-state index is 0.588. The summed E-state index contributed by atoms with van der Waals surface area (Å²) < 4.78 is 2.77. The Morgan fingerprint density at radius 2 is 2.40 bits per heavy atom. The maximum atomic E-state index is 4.41. The van der Waals surface area contributed by atoms with Crippen LogP contribution in [-0.2, 0) is 0 Å². The minimum absolute atomic E-state index is 0.588. The number of rotatable bonds is 1. The highest BCUT2D eigenvalue weighted by Gasteiger charge is 2.17. The van der Waals surface area contributed by atoms with E-state index in [9.17, 15) is 0 Å². The van der Waals surface area contributed by atoms with Gasteiger partial charge in [0.05, 0.1) is 10.7 Å². The lowest BCUT2D eigenvalue weighted by atomic mass is 10.0. The summed E-state index contributed by atoms with van der Waals surface area (Å²) in [5, 5.41) is 7.59. The molecule has 0 bridgehead atoms. The molecule has 2 aromatic heterocycles. The standard InChI is InChI=1S/C10H11BrN4/c11-9-5-14-15-6-8(4-13-10(9)15)7-1-2-12-3-7/h4-7,12H,1-3H2. The van der Waals surface area contributed by atoms with Gasteiger partial charge in [-0.1, -0.05) is 0 Å². The van der Waals surface area contributed by atoms with Gasteiger partial charge < -0.3 is 5.32 Å². The van der Waals surface area contributed by atoms with E-state index in [0.29, 0.717) is 5.92 Å². The van der Waals surface area contributed by atoms with Gasteiger partial charge in [-0.05, 0) is 34.5 Å². The molecule has 0 aliphatic carbocycles. The van der Waals surface area contributed by atoms with E-state index in [-0.39, 0.29) is 0 Å². The van der Waals surface area contributed by atoms with Gasteiger partial charge in [-0.25, -0.2) is 9.50 Å². The van der Waals surface area contributed by atoms with Crippen LogP contribution in [0.2, 0.25) is 0 Å². The first kappa shape index (κ1) is 9.30. The maximum absolute atomic E-state index is 4.41. The third kappa shape index (κ3) is 1.55. The minimum Gasteiger partial charge on any atom is -0.316 e. The Hall–Kier alpha value is -0.940. The van der Waals surface area contributed by atoms with Crippen molar-refractivity contribution in [2.24, 2.45) is 0 Å². The molecule has 1 unspecified atom stereocenters. The van der Waals surface area contributed by atoms with E-state index in [4.69, 9.17) is 0 Å². The fourth-order valence-corrected chi connectivity index (χ4v) is 2.39. The van der Waals surface area contributed by atoms with E-state index >= 15 is 0 Å². The van der Waals surface area contributed by atoms with Crippen LogP contribution in [0.1, 0.15) is 17.9 Å². The van der Waals surface area contributed by atoms with Crippen LogP contribution in [0.25, 0.3) is 5.65 Å². The van der Waals surface area contributed by atoms with E-state index < -0.39 is 0 Å². The van der Waals surface area contributed by atoms with Crippen LogP contribution < -0.4 is 5.32 Å². The van der Waals surface area contributed by atoms with Gasteiger partial charge in [0.2, 0.25) is 0 Å². The van der Waals surface area contributed by atoms with Gasteiger partial charge in [-0.3, -0.25) is 0 Å². The molecule has 78 valence electrons. The second kappa shape index (κ2) is 3.57. The van der Waals surface area contributed by atoms with Crippen molar-refractivity contribution in [2.75, 3.05) is 13.1 Å². The fraction of sp³-hybridized carbons (Fsp3) is 0.400. The molecule has 2 aromatic rings. The van der Waals surface area contributed by atoms with Gasteiger partial charge in [-0.15, -0.1) is 0 Å². The molecular formula is C10H11BrN4. The van der Waals surface area contributed by atoms with Gasteiger partial charge in [0.15, 0.2) is 5.65 Å². The Morgan fingerprint density at radius 3 is 3.20 bits per heavy atom. The van der Waals surface area contributed by atoms with Crippen molar-refractivity contribution in [1.29, 1.82) is 0 Å². The van der Waals surface area contributed by atoms with Gasteiger partial charge in [-0.2, -0.15) is 5.10 Å². The maximum Gasteiger partial charge on any atom is 0.169 e. The van der Waals surface area contributed by atoms with Crippen LogP contribution in [0.5, 0.6) is 0 Å². The number of halogens is 1. The van der Waals surface area contributed by atoms with E-state index in [1.807, 2.05) is 10.7 Å². The summed E-state index contributed by atoms with van der Waals surface area (Å²) in [6.07, 6.45) is 7.00. The molecule has 15 heavy (non-hydrogen) atoms. The highest BCUT2D eigenvalue weighted by molar-refractivity contribution is 9.10. The third-order valence-electron chi connectivity index (χ3n) is 2.87. The number of hydrogen-bond donors (Lipinski definition) is 1. The Labute approximate surface area is 95.8 Å². The number of nitrogens with zero attached hydrogens (tertiary/aromatic N) is 3. The summed E-state index contributed by atoms with van der Waals surface area (Å²) in [5.74, 6) is 0.588. The molecule has 0 aromatic carbocycles. The van der Waals surface area contributed by atoms with Gasteiger partial charge in [0, 0.05) is 24.9 Å². The summed E-state index contributed by atoms with van der Waals surface area (Å²) in [6, 6.07) is 0. The molecule has 0 spiro atoms. The number of nitrogens with one attached hydrogen (secondary N) is 1. The number of hydrogen-bond acceptors (Lipinski definition) is 3. The van der Waals surface area contributed by atoms with Crippen LogP contribution in [0.4, 0.5) is 0 Å². The Kier molecular flexibility index (Phi) is 2.21. The lowest BCUT2D eigenvalue weighted by Crippen LogP contribution is -2.08. The lowest BCUT2D eigenvalue weighted by Gasteiger charge is -2.07. The SMILES string of the molecule is Brc1cnn2cc(C3CCNC3)cnc12. The Balaban J connectivity index is 2.05. The normalized spacial score (nSPS) is 21.3. The molecule has 0 amide bonds. The summed E-state index contributed by atoms with van der Waals surface area (Å²) >= 11 is 3.42. The molecule has 1 atom stereocenters. The summed E-state index contributed by atoms with van der Waals surface area (Å²) in [5.41, 5.74) is 2.15. The van der Waals surface area contributed by atoms with Crippen molar-refractivity contribution < 1.29 is 0 Å². The highest BCUT2D eigenvalue weighted by atomic mass is 79.9. The van der Waals surface area contributed by atoms with Crippen LogP contribution in [0, 0.1) is 0 Å². The van der Waals surface area contributed by atoms with Crippen molar-refractivity contribution in [1.82, 2.24) is 19.9 Å². The van der Waals surface area contributed by atoms with Crippen LogP contribution in [-0.4, -0.2) is 27.7 Å². The van der Waals surface area contributed by atoms with Crippen LogP contribution in [0.3, 0.4) is 0 Å². The van der Waals surface area contributed by atoms with Crippen LogP contribution in [0.15, 0.2) is 23.1 Å². The molecule has 1 aliphatic heterocycles. The topological polar surface area (TPSA) is 42.2 Å². The average Bonchev–Trinajstić information content (AvgIpc) is 2.88. The Morgan fingerprint density at radius 1 is 1.47 bits per heavy atom. The highest BCUT2D eigenvalue weighted by Crippen LogP contribution is 2.23. The first-order chi connectivity index (χ1) is 7.34. The van der Waals surface area contributed by atoms with Crippen molar-refractivity contribution in [3.05, 3.63) is 28.6 Å². The van der Waals surface area contributed by atoms with Gasteiger partial charge in [0.25, 0.3) is 0 Å². The third-order valence-corrected chi connectivity index (χ3v) is 3.42. The predicted molar refractivity (Wildman–Crippen MR) is 60.9 cm³/mol. The molecular weight excluding hydrogens is 256 g/mol. The predicted octanol–water partition coefficient (Wildman–Crippen LogP) is 1.57. The molecule has 0 saturated carbocycles. The molecule has 4 nitrogen and oxygen atoms in total. The molecule has 3 rings (SSSR count). The zero-order valence-corrected chi connectivity index (χ0v) is 9.74. The second-order valence-corrected chi connectivity index (χ2v) is 4.69. The number of aromatic nitrogens is 3. The zero-order chi connectivity index (χ0) is 10.3. The molecule has 3 heterocycles. The van der Waals surface area contributed by atoms with E-state index in [1.54, 1.807) is 6.20 Å². The second-order valence-electron chi connectivity index (χ2n) is 3.84. The van der Waals surface area contributed by atoms with Crippen LogP contribution >= 0.6 is 15.9 Å². The smallest absolute Gasteiger partial charge is 0.169 e. The molecule has 5 heteroatoms. The zero-order valence-electron chi connectivity index (χ0n) is 8.15. The summed E-state index contributed by atoms with van der Waals surface area (Å²) in [7, 11) is 0. The van der Waals surface area contributed by atoms with E-state index in [1.165, 1.54) is 12.0 Å². The summed E-state index contributed by atoms with van der Waals surface area (Å²) in [4.78, 5) is 4.41. The van der Waals surface area contributed by atoms with Crippen molar-refractivity contribution in [3.8, 4) is 0 Å². The van der Waals surface area contributed by atoms with E-state index in [2.05, 4.69) is 37.5 Å².